The van der Waals surface area contributed by atoms with E-state index in [4.69, 9.17) is 0 Å². The Kier molecular flexibility index (Phi) is 5.50. The fourth-order valence-electron chi connectivity index (χ4n) is 3.86. The monoisotopic (exact) mass is 252 g/mol. The molecule has 2 heteroatoms. The first-order valence-electron chi connectivity index (χ1n) is 8.16. The lowest BCUT2D eigenvalue weighted by molar-refractivity contribution is 0.121. The van der Waals surface area contributed by atoms with Crippen LogP contribution < -0.4 is 5.32 Å². The second kappa shape index (κ2) is 6.91. The molecule has 2 rings (SSSR count). The molecule has 2 aliphatic rings. The lowest BCUT2D eigenvalue weighted by Crippen LogP contribution is -2.49. The zero-order valence-electron chi connectivity index (χ0n) is 12.6. The van der Waals surface area contributed by atoms with Crippen molar-refractivity contribution in [2.45, 2.75) is 58.9 Å². The van der Waals surface area contributed by atoms with Crippen LogP contribution in [0.4, 0.5) is 0 Å². The van der Waals surface area contributed by atoms with Gasteiger partial charge in [-0.05, 0) is 50.1 Å². The van der Waals surface area contributed by atoms with Crippen LogP contribution in [0.2, 0.25) is 0 Å². The number of hydrogen-bond acceptors (Lipinski definition) is 2. The lowest BCUT2D eigenvalue weighted by Gasteiger charge is -2.39. The number of piperidine rings is 1. The summed E-state index contributed by atoms with van der Waals surface area (Å²) in [6.07, 6.45) is 7.02. The lowest BCUT2D eigenvalue weighted by atomic mass is 9.91. The minimum absolute atomic E-state index is 0.766. The number of hydrogen-bond donors (Lipinski definition) is 1. The summed E-state index contributed by atoms with van der Waals surface area (Å²) in [5.41, 5.74) is 0. The number of rotatable bonds is 5. The molecule has 1 saturated heterocycles. The molecular formula is C16H32N2. The minimum Gasteiger partial charge on any atom is -0.314 e. The van der Waals surface area contributed by atoms with Crippen molar-refractivity contribution in [1.29, 1.82) is 0 Å². The number of nitrogens with zero attached hydrogens (tertiary/aromatic N) is 1. The molecule has 0 spiro atoms. The normalized spacial score (nSPS) is 38.2. The third-order valence-electron chi connectivity index (χ3n) is 5.18. The molecular weight excluding hydrogens is 220 g/mol. The predicted molar refractivity (Wildman–Crippen MR) is 78.8 cm³/mol. The van der Waals surface area contributed by atoms with E-state index in [-0.39, 0.29) is 0 Å². The average Bonchev–Trinajstić information content (AvgIpc) is 2.74. The van der Waals surface area contributed by atoms with Crippen molar-refractivity contribution in [3.8, 4) is 0 Å². The van der Waals surface area contributed by atoms with Gasteiger partial charge in [0.05, 0.1) is 0 Å². The summed E-state index contributed by atoms with van der Waals surface area (Å²) in [6.45, 7) is 12.3. The third-order valence-corrected chi connectivity index (χ3v) is 5.18. The molecule has 4 atom stereocenters. The Bertz CT molecular complexity index is 241. The van der Waals surface area contributed by atoms with Gasteiger partial charge in [-0.1, -0.05) is 33.6 Å². The zero-order valence-corrected chi connectivity index (χ0v) is 12.6. The van der Waals surface area contributed by atoms with Gasteiger partial charge in [0, 0.05) is 19.1 Å². The quantitative estimate of drug-likeness (QED) is 0.809. The summed E-state index contributed by atoms with van der Waals surface area (Å²) >= 11 is 0. The highest BCUT2D eigenvalue weighted by atomic mass is 15.2. The van der Waals surface area contributed by atoms with Crippen LogP contribution >= 0.6 is 0 Å². The van der Waals surface area contributed by atoms with Gasteiger partial charge in [-0.15, -0.1) is 0 Å². The Balaban J connectivity index is 1.73. The van der Waals surface area contributed by atoms with Gasteiger partial charge in [0.1, 0.15) is 0 Å². The Morgan fingerprint density at radius 2 is 1.94 bits per heavy atom. The predicted octanol–water partition coefficient (Wildman–Crippen LogP) is 3.13. The van der Waals surface area contributed by atoms with E-state index >= 15 is 0 Å². The van der Waals surface area contributed by atoms with E-state index in [1.807, 2.05) is 0 Å². The van der Waals surface area contributed by atoms with Crippen molar-refractivity contribution in [3.05, 3.63) is 0 Å². The molecule has 1 aliphatic carbocycles. The maximum atomic E-state index is 3.72. The van der Waals surface area contributed by atoms with Crippen LogP contribution in [0.3, 0.4) is 0 Å². The second-order valence-electron chi connectivity index (χ2n) is 6.75. The third kappa shape index (κ3) is 3.71. The highest BCUT2D eigenvalue weighted by Gasteiger charge is 2.30. The van der Waals surface area contributed by atoms with E-state index in [2.05, 4.69) is 31.0 Å². The van der Waals surface area contributed by atoms with Gasteiger partial charge < -0.3 is 10.2 Å². The van der Waals surface area contributed by atoms with E-state index in [1.54, 1.807) is 0 Å². The fourth-order valence-corrected chi connectivity index (χ4v) is 3.86. The van der Waals surface area contributed by atoms with Crippen molar-refractivity contribution >= 4 is 0 Å². The van der Waals surface area contributed by atoms with E-state index in [9.17, 15) is 0 Å². The van der Waals surface area contributed by atoms with Crippen LogP contribution in [0, 0.1) is 17.8 Å². The molecule has 1 aliphatic heterocycles. The van der Waals surface area contributed by atoms with Crippen molar-refractivity contribution in [1.82, 2.24) is 10.2 Å². The molecule has 1 N–H and O–H groups in total. The van der Waals surface area contributed by atoms with Crippen molar-refractivity contribution in [3.63, 3.8) is 0 Å². The van der Waals surface area contributed by atoms with Crippen LogP contribution in [-0.4, -0.2) is 37.1 Å². The van der Waals surface area contributed by atoms with E-state index < -0.39 is 0 Å². The molecule has 0 aromatic heterocycles. The number of likely N-dealkylation sites (tertiary alicyclic amines) is 1. The Hall–Kier alpha value is -0.0800. The van der Waals surface area contributed by atoms with Crippen LogP contribution in [0.15, 0.2) is 0 Å². The molecule has 0 bridgehead atoms. The SMILES string of the molecule is CCCNC1CCN(CC2CCCC2C)CC1C. The van der Waals surface area contributed by atoms with E-state index in [0.29, 0.717) is 0 Å². The summed E-state index contributed by atoms with van der Waals surface area (Å²) in [6, 6.07) is 0.766. The molecule has 0 amide bonds. The summed E-state index contributed by atoms with van der Waals surface area (Å²) in [5.74, 6) is 2.77. The Morgan fingerprint density at radius 3 is 2.56 bits per heavy atom. The maximum Gasteiger partial charge on any atom is 0.0117 e. The maximum absolute atomic E-state index is 3.72. The van der Waals surface area contributed by atoms with Crippen LogP contribution in [0.25, 0.3) is 0 Å². The molecule has 0 aromatic rings. The van der Waals surface area contributed by atoms with Gasteiger partial charge in [0.2, 0.25) is 0 Å². The smallest absolute Gasteiger partial charge is 0.0117 e. The van der Waals surface area contributed by atoms with Gasteiger partial charge in [-0.3, -0.25) is 0 Å². The van der Waals surface area contributed by atoms with E-state index in [1.165, 1.54) is 58.3 Å². The first-order valence-corrected chi connectivity index (χ1v) is 8.16. The fraction of sp³-hybridized carbons (Fsp3) is 1.00. The summed E-state index contributed by atoms with van der Waals surface area (Å²) in [4.78, 5) is 2.74. The van der Waals surface area contributed by atoms with Gasteiger partial charge in [0.15, 0.2) is 0 Å². The molecule has 2 fully saturated rings. The van der Waals surface area contributed by atoms with Crippen LogP contribution in [-0.2, 0) is 0 Å². The van der Waals surface area contributed by atoms with Crippen LogP contribution in [0.5, 0.6) is 0 Å². The zero-order chi connectivity index (χ0) is 13.0. The van der Waals surface area contributed by atoms with Gasteiger partial charge in [0.25, 0.3) is 0 Å². The molecule has 18 heavy (non-hydrogen) atoms. The first-order chi connectivity index (χ1) is 8.70. The van der Waals surface area contributed by atoms with Gasteiger partial charge >= 0.3 is 0 Å². The van der Waals surface area contributed by atoms with Crippen LogP contribution in [0.1, 0.15) is 52.9 Å². The average molecular weight is 252 g/mol. The molecule has 2 nitrogen and oxygen atoms in total. The molecule has 1 saturated carbocycles. The number of nitrogens with one attached hydrogen (secondary N) is 1. The highest BCUT2D eigenvalue weighted by Crippen LogP contribution is 2.32. The largest absolute Gasteiger partial charge is 0.314 e. The van der Waals surface area contributed by atoms with E-state index in [0.717, 1.165) is 23.8 Å². The highest BCUT2D eigenvalue weighted by molar-refractivity contribution is 4.85. The van der Waals surface area contributed by atoms with Gasteiger partial charge in [-0.2, -0.15) is 0 Å². The van der Waals surface area contributed by atoms with Crippen molar-refractivity contribution in [2.75, 3.05) is 26.2 Å². The molecule has 1 heterocycles. The Labute approximate surface area is 114 Å². The van der Waals surface area contributed by atoms with Crippen molar-refractivity contribution < 1.29 is 0 Å². The summed E-state index contributed by atoms with van der Waals surface area (Å²) < 4.78 is 0. The Morgan fingerprint density at radius 1 is 1.11 bits per heavy atom. The molecule has 0 aromatic carbocycles. The second-order valence-corrected chi connectivity index (χ2v) is 6.75. The molecule has 106 valence electrons. The summed E-state index contributed by atoms with van der Waals surface area (Å²) in [7, 11) is 0. The molecule has 4 unspecified atom stereocenters. The standard InChI is InChI=1S/C16H32N2/c1-4-9-17-16-8-10-18(11-14(16)3)12-15-7-5-6-13(15)2/h13-17H,4-12H2,1-3H3. The van der Waals surface area contributed by atoms with Gasteiger partial charge in [-0.25, -0.2) is 0 Å². The molecule has 0 radical (unpaired) electrons. The summed E-state index contributed by atoms with van der Waals surface area (Å²) in [5, 5.41) is 3.72. The minimum atomic E-state index is 0.766. The van der Waals surface area contributed by atoms with Crippen molar-refractivity contribution in [2.24, 2.45) is 17.8 Å². The first kappa shape index (κ1) is 14.3. The topological polar surface area (TPSA) is 15.3 Å².